The zero-order valence-electron chi connectivity index (χ0n) is 26.2. The predicted molar refractivity (Wildman–Crippen MR) is 168 cm³/mol. The third kappa shape index (κ3) is 8.38. The minimum atomic E-state index is -0.891. The van der Waals surface area contributed by atoms with E-state index in [1.807, 2.05) is 12.1 Å². The number of nitrogens with one attached hydrogen (secondary N) is 2. The third-order valence-electron chi connectivity index (χ3n) is 8.36. The minimum Gasteiger partial charge on any atom is -1.00 e. The number of likely N-dealkylation sites (N-methyl/N-ethyl adjacent to an activating group) is 1. The van der Waals surface area contributed by atoms with Crippen molar-refractivity contribution in [1.82, 2.24) is 5.32 Å². The molecule has 0 spiro atoms. The Morgan fingerprint density at radius 1 is 0.911 bits per heavy atom. The maximum atomic E-state index is 13.6. The average molecular weight is 634 g/mol. The molecular weight excluding hydrogens is 594 g/mol. The van der Waals surface area contributed by atoms with Crippen LogP contribution in [0.25, 0.3) is 0 Å². The number of carbonyl (C=O) groups is 2. The molecule has 3 aromatic rings. The average Bonchev–Trinajstić information content (AvgIpc) is 3.03. The van der Waals surface area contributed by atoms with Crippen LogP contribution >= 0.6 is 0 Å². The van der Waals surface area contributed by atoms with Crippen LogP contribution in [0.4, 0.5) is 5.69 Å². The Labute approximate surface area is 270 Å². The number of nitro benzene ring substituents is 1. The molecule has 0 bridgehead atoms. The number of carbonyl (C=O) groups excluding carboxylic acids is 2. The second-order valence-corrected chi connectivity index (χ2v) is 11.2. The molecule has 0 radical (unpaired) electrons. The highest BCUT2D eigenvalue weighted by molar-refractivity contribution is 5.99. The van der Waals surface area contributed by atoms with Gasteiger partial charge in [0, 0.05) is 35.9 Å². The molecule has 0 aliphatic carbocycles. The zero-order valence-corrected chi connectivity index (χ0v) is 27.0. The molecule has 0 aromatic heterocycles. The van der Waals surface area contributed by atoms with Crippen LogP contribution in [-0.4, -0.2) is 50.2 Å². The van der Waals surface area contributed by atoms with Crippen LogP contribution in [0.1, 0.15) is 55.7 Å². The molecule has 45 heavy (non-hydrogen) atoms. The Balaban J connectivity index is 0.00000552. The van der Waals surface area contributed by atoms with E-state index in [0.717, 1.165) is 6.42 Å². The molecule has 1 aliphatic heterocycles. The Hall–Kier alpha value is -4.47. The van der Waals surface area contributed by atoms with Crippen LogP contribution in [-0.2, 0) is 19.1 Å². The molecule has 0 saturated heterocycles. The van der Waals surface area contributed by atoms with Crippen molar-refractivity contribution in [3.8, 4) is 0 Å². The highest BCUT2D eigenvalue weighted by Crippen LogP contribution is 2.40. The summed E-state index contributed by atoms with van der Waals surface area (Å²) in [5.74, 6) is -1.88. The number of ether oxygens (including phenoxy) is 2. The predicted octanol–water partition coefficient (Wildman–Crippen LogP) is 1.68. The normalized spacial score (nSPS) is 15.9. The Kier molecular flexibility index (Phi) is 12.5. The van der Waals surface area contributed by atoms with Gasteiger partial charge in [-0.3, -0.25) is 10.1 Å². The number of dihydropyridines is 1. The fourth-order valence-corrected chi connectivity index (χ4v) is 5.82. The van der Waals surface area contributed by atoms with E-state index in [-0.39, 0.29) is 47.8 Å². The summed E-state index contributed by atoms with van der Waals surface area (Å²) in [5, 5.41) is 14.6. The number of nitrogens with zero attached hydrogens (tertiary/aromatic N) is 1. The highest BCUT2D eigenvalue weighted by Gasteiger charge is 2.38. The summed E-state index contributed by atoms with van der Waals surface area (Å²) in [6.07, 6.45) is 0.906. The van der Waals surface area contributed by atoms with Gasteiger partial charge in [-0.15, -0.1) is 0 Å². The summed E-state index contributed by atoms with van der Waals surface area (Å²) in [4.78, 5) is 38.8. The first-order valence-electron chi connectivity index (χ1n) is 14.7. The van der Waals surface area contributed by atoms with Crippen LogP contribution in [0.15, 0.2) is 107 Å². The summed E-state index contributed by atoms with van der Waals surface area (Å²) in [5.41, 5.74) is 4.24. The first-order chi connectivity index (χ1) is 21.1. The molecular formula is C35H40ClN3O6. The summed E-state index contributed by atoms with van der Waals surface area (Å²) in [6.45, 7) is 6.36. The number of esters is 2. The van der Waals surface area contributed by atoms with Crippen molar-refractivity contribution in [2.24, 2.45) is 0 Å². The quantitative estimate of drug-likeness (QED) is 0.177. The van der Waals surface area contributed by atoms with Crippen molar-refractivity contribution < 1.29 is 41.3 Å². The molecule has 3 aromatic carbocycles. The summed E-state index contributed by atoms with van der Waals surface area (Å²) in [7, 11) is 3.35. The maximum absolute atomic E-state index is 13.6. The number of benzene rings is 3. The number of allylic oxidation sites excluding steroid dienone is 2. The van der Waals surface area contributed by atoms with Gasteiger partial charge in [-0.25, -0.2) is 9.59 Å². The van der Waals surface area contributed by atoms with E-state index in [2.05, 4.69) is 67.8 Å². The Morgan fingerprint density at radius 2 is 1.47 bits per heavy atom. The van der Waals surface area contributed by atoms with Gasteiger partial charge in [-0.2, -0.15) is 0 Å². The Morgan fingerprint density at radius 3 is 2.00 bits per heavy atom. The molecule has 4 rings (SSSR count). The number of methoxy groups -OCH3 is 1. The van der Waals surface area contributed by atoms with Gasteiger partial charge in [0.15, 0.2) is 0 Å². The molecule has 3 unspecified atom stereocenters. The van der Waals surface area contributed by atoms with Gasteiger partial charge in [0.25, 0.3) is 5.69 Å². The number of non-ortho nitro benzene ring substituents is 1. The largest absolute Gasteiger partial charge is 1.00 e. The smallest absolute Gasteiger partial charge is 0.336 e. The number of rotatable bonds is 12. The van der Waals surface area contributed by atoms with Gasteiger partial charge in [-0.05, 0) is 37.5 Å². The van der Waals surface area contributed by atoms with Crippen LogP contribution in [0.3, 0.4) is 0 Å². The molecule has 2 N–H and O–H groups in total. The van der Waals surface area contributed by atoms with E-state index in [1.54, 1.807) is 19.9 Å². The second-order valence-electron chi connectivity index (χ2n) is 11.2. The number of quaternary nitrogens is 1. The fourth-order valence-electron chi connectivity index (χ4n) is 5.82. The van der Waals surface area contributed by atoms with Gasteiger partial charge >= 0.3 is 11.9 Å². The molecule has 1 heterocycles. The first kappa shape index (κ1) is 35.0. The van der Waals surface area contributed by atoms with Crippen molar-refractivity contribution in [1.29, 1.82) is 0 Å². The lowest BCUT2D eigenvalue weighted by Gasteiger charge is -2.30. The maximum Gasteiger partial charge on any atom is 0.336 e. The number of hydrogen-bond acceptors (Lipinski definition) is 7. The van der Waals surface area contributed by atoms with Crippen molar-refractivity contribution in [2.75, 3.05) is 27.3 Å². The van der Waals surface area contributed by atoms with Crippen LogP contribution in [0.2, 0.25) is 0 Å². The number of nitro groups is 1. The molecule has 0 saturated carbocycles. The molecule has 238 valence electrons. The molecule has 9 nitrogen and oxygen atoms in total. The SMILES string of the molecule is COC(=O)C1=C(C)NC(C)=C(C(=O)OCC[NH+](C)C(C)CC(c2ccccc2)c2ccccc2)C1c1cccc([N+](=O)[O-])c1.[Cl-]. The molecule has 0 fully saturated rings. The summed E-state index contributed by atoms with van der Waals surface area (Å²) >= 11 is 0. The molecule has 0 amide bonds. The Bertz CT molecular complexity index is 1520. The van der Waals surface area contributed by atoms with Crippen LogP contribution in [0, 0.1) is 10.1 Å². The standard InChI is InChI=1S/C35H39N3O6.ClH/c1-23(21-30(26-13-8-6-9-14-26)27-15-10-7-11-16-27)37(4)19-20-44-35(40)32-25(3)36-24(2)31(34(39)43-5)33(32)28-17-12-18-29(22-28)38(41)42;/h6-18,22-23,30,33,36H,19-21H2,1-5H3;1H. The monoisotopic (exact) mass is 633 g/mol. The minimum absolute atomic E-state index is 0. The van der Waals surface area contributed by atoms with E-state index >= 15 is 0 Å². The first-order valence-corrected chi connectivity index (χ1v) is 14.7. The topological polar surface area (TPSA) is 112 Å². The lowest BCUT2D eigenvalue weighted by Crippen LogP contribution is -3.13. The lowest BCUT2D eigenvalue weighted by molar-refractivity contribution is -0.904. The van der Waals surface area contributed by atoms with Crippen molar-refractivity contribution in [3.05, 3.63) is 134 Å². The lowest BCUT2D eigenvalue weighted by atomic mass is 9.80. The third-order valence-corrected chi connectivity index (χ3v) is 8.36. The highest BCUT2D eigenvalue weighted by atomic mass is 35.5. The molecule has 3 atom stereocenters. The second kappa shape index (κ2) is 16.0. The van der Waals surface area contributed by atoms with E-state index < -0.39 is 22.8 Å². The summed E-state index contributed by atoms with van der Waals surface area (Å²) < 4.78 is 10.8. The summed E-state index contributed by atoms with van der Waals surface area (Å²) in [6, 6.07) is 27.1. The molecule has 1 aliphatic rings. The van der Waals surface area contributed by atoms with E-state index in [4.69, 9.17) is 9.47 Å². The van der Waals surface area contributed by atoms with E-state index in [0.29, 0.717) is 23.5 Å². The van der Waals surface area contributed by atoms with E-state index in [1.165, 1.54) is 41.3 Å². The van der Waals surface area contributed by atoms with Gasteiger partial charge in [0.2, 0.25) is 0 Å². The molecule has 10 heteroatoms. The van der Waals surface area contributed by atoms with Gasteiger partial charge in [0.05, 0.1) is 42.2 Å². The van der Waals surface area contributed by atoms with Gasteiger partial charge < -0.3 is 32.1 Å². The zero-order chi connectivity index (χ0) is 31.8. The van der Waals surface area contributed by atoms with Crippen molar-refractivity contribution >= 4 is 17.6 Å². The fraction of sp³-hybridized carbons (Fsp3) is 0.314. The van der Waals surface area contributed by atoms with Crippen LogP contribution < -0.4 is 22.6 Å². The van der Waals surface area contributed by atoms with Crippen LogP contribution in [0.5, 0.6) is 0 Å². The van der Waals surface area contributed by atoms with Gasteiger partial charge in [-0.1, -0.05) is 72.8 Å². The van der Waals surface area contributed by atoms with Gasteiger partial charge in [0.1, 0.15) is 13.2 Å². The van der Waals surface area contributed by atoms with E-state index in [9.17, 15) is 19.7 Å². The number of halogens is 1. The number of hydrogen-bond donors (Lipinski definition) is 2. The van der Waals surface area contributed by atoms with Crippen molar-refractivity contribution in [2.45, 2.75) is 45.1 Å². The van der Waals surface area contributed by atoms with Crippen molar-refractivity contribution in [3.63, 3.8) is 0 Å².